The molecule has 1 aliphatic heterocycles. The standard InChI is InChI=1S/C14H17NO5S/c16-14(17)8-5-11-3-6-12(7-4-11)15-21(18,19)10-13-2-1-9-20-13/h3-8,13,15H,1-2,9-10H2,(H,16,17). The number of benzene rings is 1. The van der Waals surface area contributed by atoms with Gasteiger partial charge in [-0.3, -0.25) is 4.72 Å². The number of carboxylic acids is 1. The lowest BCUT2D eigenvalue weighted by molar-refractivity contribution is -0.131. The van der Waals surface area contributed by atoms with E-state index in [0.29, 0.717) is 17.9 Å². The maximum atomic E-state index is 12.0. The van der Waals surface area contributed by atoms with Crippen molar-refractivity contribution >= 4 is 27.8 Å². The third-order valence-electron chi connectivity index (χ3n) is 3.03. The van der Waals surface area contributed by atoms with Crippen LogP contribution in [0, 0.1) is 0 Å². The molecule has 7 heteroatoms. The highest BCUT2D eigenvalue weighted by Crippen LogP contribution is 2.17. The second-order valence-corrected chi connectivity index (χ2v) is 6.58. The average molecular weight is 311 g/mol. The molecule has 1 heterocycles. The topological polar surface area (TPSA) is 92.7 Å². The van der Waals surface area contributed by atoms with Crippen molar-refractivity contribution in [2.75, 3.05) is 17.1 Å². The molecule has 1 aromatic carbocycles. The predicted octanol–water partition coefficient (Wildman–Crippen LogP) is 1.71. The predicted molar refractivity (Wildman–Crippen MR) is 79.5 cm³/mol. The molecule has 114 valence electrons. The highest BCUT2D eigenvalue weighted by atomic mass is 32.2. The van der Waals surface area contributed by atoms with Crippen molar-refractivity contribution in [1.29, 1.82) is 0 Å². The van der Waals surface area contributed by atoms with E-state index in [1.54, 1.807) is 24.3 Å². The molecule has 0 spiro atoms. The first-order chi connectivity index (χ1) is 9.94. The molecular formula is C14H17NO5S. The van der Waals surface area contributed by atoms with Gasteiger partial charge in [0.05, 0.1) is 11.9 Å². The van der Waals surface area contributed by atoms with Crippen LogP contribution in [-0.4, -0.2) is 38.0 Å². The molecule has 2 rings (SSSR count). The van der Waals surface area contributed by atoms with Crippen LogP contribution in [0.2, 0.25) is 0 Å². The molecule has 0 aromatic heterocycles. The zero-order chi connectivity index (χ0) is 15.3. The number of carbonyl (C=O) groups is 1. The second kappa shape index (κ2) is 6.73. The minimum absolute atomic E-state index is 0.0479. The van der Waals surface area contributed by atoms with Gasteiger partial charge in [0.25, 0.3) is 0 Å². The average Bonchev–Trinajstić information content (AvgIpc) is 2.89. The van der Waals surface area contributed by atoms with Gasteiger partial charge in [-0.05, 0) is 36.6 Å². The molecule has 1 aliphatic rings. The molecule has 0 saturated carbocycles. The summed E-state index contributed by atoms with van der Waals surface area (Å²) in [5, 5.41) is 8.53. The number of nitrogens with one attached hydrogen (secondary N) is 1. The Bertz CT molecular complexity index is 615. The second-order valence-electron chi connectivity index (χ2n) is 4.81. The van der Waals surface area contributed by atoms with Gasteiger partial charge < -0.3 is 9.84 Å². The Hall–Kier alpha value is -1.86. The van der Waals surface area contributed by atoms with Crippen LogP contribution >= 0.6 is 0 Å². The lowest BCUT2D eigenvalue weighted by atomic mass is 10.2. The molecule has 1 atom stereocenters. The first kappa shape index (κ1) is 15.5. The summed E-state index contributed by atoms with van der Waals surface area (Å²) in [5.41, 5.74) is 1.12. The molecule has 0 aliphatic carbocycles. The fourth-order valence-corrected chi connectivity index (χ4v) is 3.40. The van der Waals surface area contributed by atoms with E-state index in [-0.39, 0.29) is 11.9 Å². The number of rotatable bonds is 6. The zero-order valence-electron chi connectivity index (χ0n) is 11.4. The third kappa shape index (κ3) is 5.20. The monoisotopic (exact) mass is 311 g/mol. The molecule has 2 N–H and O–H groups in total. The van der Waals surface area contributed by atoms with Crippen LogP contribution in [0.5, 0.6) is 0 Å². The molecule has 0 radical (unpaired) electrons. The SMILES string of the molecule is O=C(O)C=Cc1ccc(NS(=O)(=O)CC2CCCO2)cc1. The number of hydrogen-bond donors (Lipinski definition) is 2. The Morgan fingerprint density at radius 3 is 2.67 bits per heavy atom. The van der Waals surface area contributed by atoms with Crippen LogP contribution < -0.4 is 4.72 Å². The third-order valence-corrected chi connectivity index (χ3v) is 4.39. The molecule has 1 aromatic rings. The van der Waals surface area contributed by atoms with Crippen molar-refractivity contribution in [2.45, 2.75) is 18.9 Å². The normalized spacial score (nSPS) is 19.0. The molecule has 6 nitrogen and oxygen atoms in total. The number of anilines is 1. The van der Waals surface area contributed by atoms with Crippen LogP contribution in [-0.2, 0) is 19.6 Å². The number of aliphatic carboxylic acids is 1. The molecule has 1 unspecified atom stereocenters. The Labute approximate surface area is 123 Å². The summed E-state index contributed by atoms with van der Waals surface area (Å²) in [6.45, 7) is 0.616. The van der Waals surface area contributed by atoms with Crippen molar-refractivity contribution in [3.63, 3.8) is 0 Å². The number of sulfonamides is 1. The van der Waals surface area contributed by atoms with E-state index in [2.05, 4.69) is 4.72 Å². The summed E-state index contributed by atoms with van der Waals surface area (Å²) in [6.07, 6.45) is 3.88. The van der Waals surface area contributed by atoms with E-state index >= 15 is 0 Å². The number of carboxylic acid groups (broad SMARTS) is 1. The molecule has 1 fully saturated rings. The summed E-state index contributed by atoms with van der Waals surface area (Å²) < 4.78 is 31.8. The van der Waals surface area contributed by atoms with Gasteiger partial charge in [-0.15, -0.1) is 0 Å². The van der Waals surface area contributed by atoms with E-state index in [1.807, 2.05) is 0 Å². The van der Waals surface area contributed by atoms with Gasteiger partial charge in [0.1, 0.15) is 0 Å². The van der Waals surface area contributed by atoms with E-state index in [9.17, 15) is 13.2 Å². The maximum Gasteiger partial charge on any atom is 0.328 e. The Morgan fingerprint density at radius 2 is 2.10 bits per heavy atom. The van der Waals surface area contributed by atoms with Crippen molar-refractivity contribution in [1.82, 2.24) is 0 Å². The van der Waals surface area contributed by atoms with Crippen LogP contribution in [0.25, 0.3) is 6.08 Å². The molecule has 1 saturated heterocycles. The van der Waals surface area contributed by atoms with Crippen LogP contribution in [0.4, 0.5) is 5.69 Å². The summed E-state index contributed by atoms with van der Waals surface area (Å²) in [6, 6.07) is 6.47. The maximum absolute atomic E-state index is 12.0. The van der Waals surface area contributed by atoms with Crippen molar-refractivity contribution in [2.24, 2.45) is 0 Å². The van der Waals surface area contributed by atoms with Crippen LogP contribution in [0.1, 0.15) is 18.4 Å². The van der Waals surface area contributed by atoms with Gasteiger partial charge >= 0.3 is 5.97 Å². The highest BCUT2D eigenvalue weighted by molar-refractivity contribution is 7.92. The minimum Gasteiger partial charge on any atom is -0.478 e. The Morgan fingerprint density at radius 1 is 1.38 bits per heavy atom. The van der Waals surface area contributed by atoms with Crippen LogP contribution in [0.3, 0.4) is 0 Å². The Balaban J connectivity index is 1.97. The largest absolute Gasteiger partial charge is 0.478 e. The number of ether oxygens (including phenoxy) is 1. The lowest BCUT2D eigenvalue weighted by Crippen LogP contribution is -2.25. The van der Waals surface area contributed by atoms with Crippen molar-refractivity contribution in [3.8, 4) is 0 Å². The molecule has 21 heavy (non-hydrogen) atoms. The molecule has 0 amide bonds. The van der Waals surface area contributed by atoms with Gasteiger partial charge in [-0.25, -0.2) is 13.2 Å². The zero-order valence-corrected chi connectivity index (χ0v) is 12.2. The Kier molecular flexibility index (Phi) is 4.98. The van der Waals surface area contributed by atoms with Gasteiger partial charge in [0.15, 0.2) is 0 Å². The fraction of sp³-hybridized carbons (Fsp3) is 0.357. The first-order valence-corrected chi connectivity index (χ1v) is 8.23. The summed E-state index contributed by atoms with van der Waals surface area (Å²) in [4.78, 5) is 10.4. The lowest BCUT2D eigenvalue weighted by Gasteiger charge is -2.12. The van der Waals surface area contributed by atoms with Gasteiger partial charge in [0.2, 0.25) is 10.0 Å². The van der Waals surface area contributed by atoms with E-state index in [4.69, 9.17) is 9.84 Å². The molecule has 0 bridgehead atoms. The summed E-state index contributed by atoms with van der Waals surface area (Å²) >= 11 is 0. The van der Waals surface area contributed by atoms with Crippen LogP contribution in [0.15, 0.2) is 30.3 Å². The minimum atomic E-state index is -3.44. The molecular weight excluding hydrogens is 294 g/mol. The summed E-state index contributed by atoms with van der Waals surface area (Å²) in [7, 11) is -3.44. The van der Waals surface area contributed by atoms with Gasteiger partial charge in [-0.1, -0.05) is 12.1 Å². The number of hydrogen-bond acceptors (Lipinski definition) is 4. The van der Waals surface area contributed by atoms with E-state index in [0.717, 1.165) is 18.9 Å². The van der Waals surface area contributed by atoms with Crippen molar-refractivity contribution in [3.05, 3.63) is 35.9 Å². The van der Waals surface area contributed by atoms with E-state index < -0.39 is 16.0 Å². The summed E-state index contributed by atoms with van der Waals surface area (Å²) in [5.74, 6) is -1.08. The first-order valence-electron chi connectivity index (χ1n) is 6.58. The fourth-order valence-electron chi connectivity index (χ4n) is 2.07. The highest BCUT2D eigenvalue weighted by Gasteiger charge is 2.23. The van der Waals surface area contributed by atoms with Crippen molar-refractivity contribution < 1.29 is 23.1 Å². The quantitative estimate of drug-likeness (QED) is 0.780. The van der Waals surface area contributed by atoms with Gasteiger partial charge in [-0.2, -0.15) is 0 Å². The van der Waals surface area contributed by atoms with E-state index in [1.165, 1.54) is 6.08 Å². The smallest absolute Gasteiger partial charge is 0.328 e. The van der Waals surface area contributed by atoms with Gasteiger partial charge in [0, 0.05) is 18.4 Å².